The average molecular weight is 287 g/mol. The third-order valence-corrected chi connectivity index (χ3v) is 3.75. The zero-order valence-electron chi connectivity index (χ0n) is 12.6. The fraction of sp³-hybridized carbons (Fsp3) is 0.375. The van der Waals surface area contributed by atoms with E-state index >= 15 is 0 Å². The average Bonchev–Trinajstić information content (AvgIpc) is 2.98. The summed E-state index contributed by atoms with van der Waals surface area (Å²) < 4.78 is 1.65. The quantitative estimate of drug-likeness (QED) is 0.884. The summed E-state index contributed by atoms with van der Waals surface area (Å²) in [5.41, 5.74) is 0.306. The lowest BCUT2D eigenvalue weighted by molar-refractivity contribution is 0.0142. The lowest BCUT2D eigenvalue weighted by Gasteiger charge is -2.27. The van der Waals surface area contributed by atoms with Crippen molar-refractivity contribution in [3.63, 3.8) is 0 Å². The minimum absolute atomic E-state index is 0.0548. The van der Waals surface area contributed by atoms with Gasteiger partial charge in [-0.3, -0.25) is 4.79 Å². The van der Waals surface area contributed by atoms with Crippen LogP contribution in [0, 0.1) is 5.92 Å². The third kappa shape index (κ3) is 3.49. The third-order valence-electron chi connectivity index (χ3n) is 3.75. The molecule has 1 aromatic heterocycles. The molecule has 0 aliphatic heterocycles. The zero-order chi connectivity index (χ0) is 15.5. The summed E-state index contributed by atoms with van der Waals surface area (Å²) in [6, 6.07) is 9.05. The SMILES string of the molecule is CC(C)C(C)(O)CNC(=O)c1ccccc1-n1cccn1. The van der Waals surface area contributed by atoms with Crippen LogP contribution in [0.25, 0.3) is 5.69 Å². The van der Waals surface area contributed by atoms with Crippen molar-refractivity contribution in [1.29, 1.82) is 0 Å². The van der Waals surface area contributed by atoms with Crippen molar-refractivity contribution in [2.24, 2.45) is 5.92 Å². The first-order valence-electron chi connectivity index (χ1n) is 7.01. The number of aromatic nitrogens is 2. The summed E-state index contributed by atoms with van der Waals surface area (Å²) in [5, 5.41) is 17.2. The van der Waals surface area contributed by atoms with Gasteiger partial charge >= 0.3 is 0 Å². The number of rotatable bonds is 5. The Morgan fingerprint density at radius 2 is 2.10 bits per heavy atom. The van der Waals surface area contributed by atoms with E-state index in [4.69, 9.17) is 0 Å². The first-order chi connectivity index (χ1) is 9.92. The fourth-order valence-corrected chi connectivity index (χ4v) is 1.84. The van der Waals surface area contributed by atoms with E-state index in [1.54, 1.807) is 36.1 Å². The van der Waals surface area contributed by atoms with Crippen LogP contribution < -0.4 is 5.32 Å². The Hall–Kier alpha value is -2.14. The number of carbonyl (C=O) groups excluding carboxylic acids is 1. The summed E-state index contributed by atoms with van der Waals surface area (Å²) in [4.78, 5) is 12.4. The molecule has 0 aliphatic carbocycles. The van der Waals surface area contributed by atoms with Crippen molar-refractivity contribution in [2.75, 3.05) is 6.54 Å². The molecule has 0 saturated carbocycles. The highest BCUT2D eigenvalue weighted by Gasteiger charge is 2.26. The van der Waals surface area contributed by atoms with Crippen LogP contribution in [0.2, 0.25) is 0 Å². The summed E-state index contributed by atoms with van der Waals surface area (Å²) in [6.07, 6.45) is 3.45. The first kappa shape index (κ1) is 15.3. The van der Waals surface area contributed by atoms with Gasteiger partial charge in [0.1, 0.15) is 0 Å². The number of hydrogen-bond donors (Lipinski definition) is 2. The second kappa shape index (κ2) is 6.10. The minimum atomic E-state index is -0.934. The Morgan fingerprint density at radius 3 is 2.71 bits per heavy atom. The molecule has 1 heterocycles. The Kier molecular flexibility index (Phi) is 4.43. The minimum Gasteiger partial charge on any atom is -0.388 e. The van der Waals surface area contributed by atoms with Crippen LogP contribution in [0.15, 0.2) is 42.7 Å². The van der Waals surface area contributed by atoms with E-state index in [1.165, 1.54) is 0 Å². The van der Waals surface area contributed by atoms with Crippen LogP contribution in [-0.4, -0.2) is 32.9 Å². The van der Waals surface area contributed by atoms with Crippen molar-refractivity contribution in [3.05, 3.63) is 48.3 Å². The molecule has 2 aromatic rings. The lowest BCUT2D eigenvalue weighted by atomic mass is 9.92. The zero-order valence-corrected chi connectivity index (χ0v) is 12.6. The Morgan fingerprint density at radius 1 is 1.38 bits per heavy atom. The standard InChI is InChI=1S/C16H21N3O2/c1-12(2)16(3,21)11-17-15(20)13-7-4-5-8-14(13)19-10-6-9-18-19/h4-10,12,21H,11H2,1-3H3,(H,17,20). The van der Waals surface area contributed by atoms with Gasteiger partial charge in [-0.15, -0.1) is 0 Å². The Balaban J connectivity index is 2.17. The van der Waals surface area contributed by atoms with E-state index in [0.717, 1.165) is 0 Å². The predicted octanol–water partition coefficient (Wildman–Crippen LogP) is 2.01. The summed E-state index contributed by atoms with van der Waals surface area (Å²) in [5.74, 6) is -0.166. The number of amides is 1. The van der Waals surface area contributed by atoms with Crippen LogP contribution >= 0.6 is 0 Å². The van der Waals surface area contributed by atoms with Gasteiger partial charge in [-0.05, 0) is 31.0 Å². The molecule has 2 rings (SSSR count). The molecular weight excluding hydrogens is 266 g/mol. The van der Waals surface area contributed by atoms with Crippen LogP contribution in [0.5, 0.6) is 0 Å². The summed E-state index contributed by atoms with van der Waals surface area (Å²) in [7, 11) is 0. The van der Waals surface area contributed by atoms with Crippen LogP contribution in [0.3, 0.4) is 0 Å². The highest BCUT2D eigenvalue weighted by molar-refractivity contribution is 5.97. The molecule has 0 aliphatic rings. The van der Waals surface area contributed by atoms with Gasteiger partial charge < -0.3 is 10.4 Å². The molecule has 1 atom stereocenters. The Labute approximate surface area is 124 Å². The molecule has 0 fully saturated rings. The molecule has 0 spiro atoms. The van der Waals surface area contributed by atoms with Crippen molar-refractivity contribution in [2.45, 2.75) is 26.4 Å². The van der Waals surface area contributed by atoms with E-state index in [1.807, 2.05) is 32.0 Å². The molecule has 0 saturated heterocycles. The van der Waals surface area contributed by atoms with Gasteiger partial charge in [0.2, 0.25) is 0 Å². The molecular formula is C16H21N3O2. The number of nitrogens with zero attached hydrogens (tertiary/aromatic N) is 2. The molecule has 0 radical (unpaired) electrons. The molecule has 21 heavy (non-hydrogen) atoms. The van der Waals surface area contributed by atoms with Crippen LogP contribution in [0.1, 0.15) is 31.1 Å². The van der Waals surface area contributed by atoms with Gasteiger partial charge in [-0.25, -0.2) is 4.68 Å². The number of aliphatic hydroxyl groups is 1. The van der Waals surface area contributed by atoms with Gasteiger partial charge in [-0.1, -0.05) is 26.0 Å². The van der Waals surface area contributed by atoms with Gasteiger partial charge in [0.05, 0.1) is 16.9 Å². The molecule has 2 N–H and O–H groups in total. The van der Waals surface area contributed by atoms with Crippen molar-refractivity contribution in [3.8, 4) is 5.69 Å². The predicted molar refractivity (Wildman–Crippen MR) is 81.4 cm³/mol. The molecule has 1 amide bonds. The molecule has 5 nitrogen and oxygen atoms in total. The normalized spacial score (nSPS) is 14.0. The van der Waals surface area contributed by atoms with E-state index in [9.17, 15) is 9.90 Å². The maximum Gasteiger partial charge on any atom is 0.253 e. The molecule has 1 aromatic carbocycles. The number of benzene rings is 1. The topological polar surface area (TPSA) is 67.2 Å². The molecule has 1 unspecified atom stereocenters. The summed E-state index contributed by atoms with van der Waals surface area (Å²) >= 11 is 0. The summed E-state index contributed by atoms with van der Waals surface area (Å²) in [6.45, 7) is 5.77. The maximum atomic E-state index is 12.4. The van der Waals surface area contributed by atoms with E-state index in [-0.39, 0.29) is 18.4 Å². The highest BCUT2D eigenvalue weighted by atomic mass is 16.3. The smallest absolute Gasteiger partial charge is 0.253 e. The second-order valence-electron chi connectivity index (χ2n) is 5.66. The molecule has 0 bridgehead atoms. The maximum absolute atomic E-state index is 12.4. The highest BCUT2D eigenvalue weighted by Crippen LogP contribution is 2.16. The lowest BCUT2D eigenvalue weighted by Crippen LogP contribution is -2.44. The molecule has 5 heteroatoms. The first-order valence-corrected chi connectivity index (χ1v) is 7.01. The van der Waals surface area contributed by atoms with Crippen LogP contribution in [-0.2, 0) is 0 Å². The van der Waals surface area contributed by atoms with Crippen LogP contribution in [0.4, 0.5) is 0 Å². The largest absolute Gasteiger partial charge is 0.388 e. The number of hydrogen-bond acceptors (Lipinski definition) is 3. The van der Waals surface area contributed by atoms with Gasteiger partial charge in [0.25, 0.3) is 5.91 Å². The Bertz CT molecular complexity index is 604. The van der Waals surface area contributed by atoms with Crippen molar-refractivity contribution >= 4 is 5.91 Å². The van der Waals surface area contributed by atoms with Gasteiger partial charge in [0, 0.05) is 18.9 Å². The van der Waals surface area contributed by atoms with Crippen molar-refractivity contribution in [1.82, 2.24) is 15.1 Å². The van der Waals surface area contributed by atoms with E-state index in [2.05, 4.69) is 10.4 Å². The molecule has 112 valence electrons. The van der Waals surface area contributed by atoms with Crippen molar-refractivity contribution < 1.29 is 9.90 Å². The van der Waals surface area contributed by atoms with Gasteiger partial charge in [-0.2, -0.15) is 5.10 Å². The van der Waals surface area contributed by atoms with Gasteiger partial charge in [0.15, 0.2) is 0 Å². The fourth-order valence-electron chi connectivity index (χ4n) is 1.84. The number of para-hydroxylation sites is 1. The number of carbonyl (C=O) groups is 1. The second-order valence-corrected chi connectivity index (χ2v) is 5.66. The monoisotopic (exact) mass is 287 g/mol. The number of nitrogens with one attached hydrogen (secondary N) is 1. The van der Waals surface area contributed by atoms with E-state index < -0.39 is 5.60 Å². The van der Waals surface area contributed by atoms with E-state index in [0.29, 0.717) is 11.3 Å².